The van der Waals surface area contributed by atoms with Gasteiger partial charge in [-0.15, -0.1) is 0 Å². The van der Waals surface area contributed by atoms with Crippen molar-refractivity contribution in [3.05, 3.63) is 16.6 Å². The minimum absolute atomic E-state index is 0.190. The zero-order valence-corrected chi connectivity index (χ0v) is 12.4. The second kappa shape index (κ2) is 5.07. The average molecular weight is 337 g/mol. The number of methoxy groups -OCH3 is 1. The van der Waals surface area contributed by atoms with Gasteiger partial charge in [-0.05, 0) is 22.0 Å². The van der Waals surface area contributed by atoms with E-state index in [0.717, 1.165) is 6.26 Å². The fraction of sp³-hybridized carbons (Fsp3) is 0.455. The molecule has 0 aromatic heterocycles. The fourth-order valence-corrected chi connectivity index (χ4v) is 3.01. The smallest absolute Gasteiger partial charge is 0.175 e. The number of benzene rings is 1. The van der Waals surface area contributed by atoms with Gasteiger partial charge in [-0.25, -0.2) is 8.42 Å². The largest absolute Gasteiger partial charge is 0.485 e. The molecule has 1 heterocycles. The molecule has 0 radical (unpaired) electrons. The van der Waals surface area contributed by atoms with E-state index in [4.69, 9.17) is 14.2 Å². The molecule has 18 heavy (non-hydrogen) atoms. The van der Waals surface area contributed by atoms with E-state index in [0.29, 0.717) is 29.2 Å². The fourth-order valence-electron chi connectivity index (χ4n) is 1.64. The molecule has 0 saturated heterocycles. The number of ether oxygens (including phenoxy) is 3. The maximum Gasteiger partial charge on any atom is 0.175 e. The first kappa shape index (κ1) is 13.6. The predicted octanol–water partition coefficient (Wildman–Crippen LogP) is 1.64. The van der Waals surface area contributed by atoms with Crippen LogP contribution < -0.4 is 9.47 Å². The molecule has 1 aromatic carbocycles. The maximum atomic E-state index is 11.5. The number of hydrogen-bond acceptors (Lipinski definition) is 5. The molecule has 5 nitrogen and oxygen atoms in total. The monoisotopic (exact) mass is 336 g/mol. The summed E-state index contributed by atoms with van der Waals surface area (Å²) >= 11 is 3.28. The summed E-state index contributed by atoms with van der Waals surface area (Å²) < 4.78 is 39.8. The van der Waals surface area contributed by atoms with Crippen LogP contribution >= 0.6 is 15.9 Å². The minimum Gasteiger partial charge on any atom is -0.485 e. The third-order valence-corrected chi connectivity index (χ3v) is 4.15. The molecule has 0 spiro atoms. The van der Waals surface area contributed by atoms with Gasteiger partial charge < -0.3 is 14.2 Å². The Morgan fingerprint density at radius 3 is 2.83 bits per heavy atom. The summed E-state index contributed by atoms with van der Waals surface area (Å²) in [6, 6.07) is 2.98. The summed E-state index contributed by atoms with van der Waals surface area (Å²) in [5.74, 6) is 0.938. The third kappa shape index (κ3) is 2.78. The van der Waals surface area contributed by atoms with Crippen LogP contribution in [0.3, 0.4) is 0 Å². The molecule has 1 aliphatic rings. The van der Waals surface area contributed by atoms with E-state index in [9.17, 15) is 8.42 Å². The lowest BCUT2D eigenvalue weighted by molar-refractivity contribution is 0.0265. The van der Waals surface area contributed by atoms with Crippen LogP contribution in [0.4, 0.5) is 0 Å². The molecule has 0 aliphatic carbocycles. The average Bonchev–Trinajstić information content (AvgIpc) is 2.27. The maximum absolute atomic E-state index is 11.5. The van der Waals surface area contributed by atoms with E-state index >= 15 is 0 Å². The Kier molecular flexibility index (Phi) is 3.84. The molecule has 7 heteroatoms. The van der Waals surface area contributed by atoms with E-state index in [1.165, 1.54) is 12.1 Å². The van der Waals surface area contributed by atoms with Crippen LogP contribution in [0.5, 0.6) is 11.5 Å². The van der Waals surface area contributed by atoms with Crippen LogP contribution in [0.2, 0.25) is 0 Å². The molecule has 1 aromatic rings. The van der Waals surface area contributed by atoms with Gasteiger partial charge in [0, 0.05) is 19.4 Å². The Morgan fingerprint density at radius 1 is 1.50 bits per heavy atom. The summed E-state index contributed by atoms with van der Waals surface area (Å²) in [7, 11) is -1.71. The van der Waals surface area contributed by atoms with Gasteiger partial charge in [-0.1, -0.05) is 0 Å². The summed E-state index contributed by atoms with van der Waals surface area (Å²) in [6.45, 7) is 0.762. The highest BCUT2D eigenvalue weighted by Crippen LogP contribution is 2.40. The van der Waals surface area contributed by atoms with Crippen molar-refractivity contribution >= 4 is 25.8 Å². The number of halogens is 1. The Hall–Kier alpha value is -0.790. The van der Waals surface area contributed by atoms with E-state index in [1.807, 2.05) is 0 Å². The Balaban J connectivity index is 2.40. The lowest BCUT2D eigenvalue weighted by Crippen LogP contribution is -2.33. The topological polar surface area (TPSA) is 61.8 Å². The molecule has 0 bridgehead atoms. The summed E-state index contributed by atoms with van der Waals surface area (Å²) in [4.78, 5) is 0.190. The van der Waals surface area contributed by atoms with E-state index < -0.39 is 9.84 Å². The second-order valence-electron chi connectivity index (χ2n) is 4.01. The first-order valence-corrected chi connectivity index (χ1v) is 7.92. The van der Waals surface area contributed by atoms with Crippen molar-refractivity contribution in [1.29, 1.82) is 0 Å². The Bertz CT molecular complexity index is 555. The van der Waals surface area contributed by atoms with Crippen molar-refractivity contribution in [2.45, 2.75) is 11.0 Å². The van der Waals surface area contributed by atoms with Crippen molar-refractivity contribution in [1.82, 2.24) is 0 Å². The molecule has 1 aliphatic heterocycles. The second-order valence-corrected chi connectivity index (χ2v) is 6.88. The van der Waals surface area contributed by atoms with Crippen LogP contribution in [0.15, 0.2) is 21.5 Å². The number of fused-ring (bicyclic) bond motifs is 1. The van der Waals surface area contributed by atoms with Crippen molar-refractivity contribution in [3.63, 3.8) is 0 Å². The van der Waals surface area contributed by atoms with E-state index in [1.54, 1.807) is 7.11 Å². The van der Waals surface area contributed by atoms with Gasteiger partial charge >= 0.3 is 0 Å². The van der Waals surface area contributed by atoms with Crippen molar-refractivity contribution in [2.24, 2.45) is 0 Å². The lowest BCUT2D eigenvalue weighted by Gasteiger charge is -2.27. The summed E-state index contributed by atoms with van der Waals surface area (Å²) in [5.41, 5.74) is 0. The van der Waals surface area contributed by atoms with Crippen molar-refractivity contribution in [3.8, 4) is 11.5 Å². The van der Waals surface area contributed by atoms with Gasteiger partial charge in [0.25, 0.3) is 0 Å². The van der Waals surface area contributed by atoms with E-state index in [-0.39, 0.29) is 11.0 Å². The highest BCUT2D eigenvalue weighted by molar-refractivity contribution is 9.10. The zero-order chi connectivity index (χ0) is 13.3. The molecule has 0 amide bonds. The summed E-state index contributed by atoms with van der Waals surface area (Å²) in [6.07, 6.45) is 0.918. The lowest BCUT2D eigenvalue weighted by atomic mass is 10.2. The molecule has 0 saturated carbocycles. The van der Waals surface area contributed by atoms with Crippen molar-refractivity contribution < 1.29 is 22.6 Å². The van der Waals surface area contributed by atoms with Crippen LogP contribution in [-0.2, 0) is 14.6 Å². The van der Waals surface area contributed by atoms with Gasteiger partial charge in [0.15, 0.2) is 27.4 Å². The van der Waals surface area contributed by atoms with E-state index in [2.05, 4.69) is 15.9 Å². The molecular formula is C11H13BrO5S. The number of sulfone groups is 1. The molecule has 0 N–H and O–H groups in total. The zero-order valence-electron chi connectivity index (χ0n) is 9.97. The van der Waals surface area contributed by atoms with Crippen molar-refractivity contribution in [2.75, 3.05) is 26.6 Å². The number of rotatable bonds is 3. The molecule has 0 fully saturated rings. The SMILES string of the molecule is COC[C@@H]1COc2c(Br)cc(S(C)(=O)=O)cc2O1. The van der Waals surface area contributed by atoms with Gasteiger partial charge in [0.1, 0.15) is 6.61 Å². The highest BCUT2D eigenvalue weighted by atomic mass is 79.9. The predicted molar refractivity (Wildman–Crippen MR) is 69.0 cm³/mol. The van der Waals surface area contributed by atoms with Crippen LogP contribution in [-0.4, -0.2) is 41.1 Å². The third-order valence-electron chi connectivity index (χ3n) is 2.47. The Morgan fingerprint density at radius 2 is 2.22 bits per heavy atom. The van der Waals surface area contributed by atoms with Gasteiger partial charge in [0.05, 0.1) is 16.0 Å². The number of hydrogen-bond donors (Lipinski definition) is 0. The van der Waals surface area contributed by atoms with Crippen LogP contribution in [0.1, 0.15) is 0 Å². The molecule has 0 unspecified atom stereocenters. The Labute approximate surface area is 114 Å². The molecule has 1 atom stereocenters. The molecule has 2 rings (SSSR count). The first-order chi connectivity index (χ1) is 8.41. The molecular weight excluding hydrogens is 324 g/mol. The first-order valence-electron chi connectivity index (χ1n) is 5.24. The van der Waals surface area contributed by atoms with Gasteiger partial charge in [-0.3, -0.25) is 0 Å². The van der Waals surface area contributed by atoms with Crippen LogP contribution in [0, 0.1) is 0 Å². The summed E-state index contributed by atoms with van der Waals surface area (Å²) in [5, 5.41) is 0. The highest BCUT2D eigenvalue weighted by Gasteiger charge is 2.25. The van der Waals surface area contributed by atoms with Gasteiger partial charge in [0.2, 0.25) is 0 Å². The normalized spacial score (nSPS) is 18.7. The molecule has 100 valence electrons. The minimum atomic E-state index is -3.29. The van der Waals surface area contributed by atoms with Crippen LogP contribution in [0.25, 0.3) is 0 Å². The standard InChI is InChI=1S/C11H13BrO5S/c1-15-5-7-6-16-11-9(12)3-8(18(2,13)14)4-10(11)17-7/h3-4,7H,5-6H2,1-2H3/t7-/m1/s1. The van der Waals surface area contributed by atoms with Gasteiger partial charge in [-0.2, -0.15) is 0 Å². The quantitative estimate of drug-likeness (QED) is 0.839.